The first-order chi connectivity index (χ1) is 4.77. The molecule has 0 radical (unpaired) electrons. The summed E-state index contributed by atoms with van der Waals surface area (Å²) in [5, 5.41) is 8.18. The van der Waals surface area contributed by atoms with Gasteiger partial charge in [-0.15, -0.1) is 0 Å². The average Bonchev–Trinajstić information content (AvgIpc) is 1.87. The number of hydrogen-bond donors (Lipinski definition) is 1. The minimum absolute atomic E-state index is 0.852. The maximum Gasteiger partial charge on any atom is 0.327 e. The fourth-order valence-electron chi connectivity index (χ4n) is 0.480. The molecule has 0 spiro atoms. The van der Waals surface area contributed by atoms with Crippen LogP contribution in [0, 0.1) is 0 Å². The molecule has 0 aliphatic heterocycles. The normalized spacial score (nSPS) is 10.5. The second-order valence-electron chi connectivity index (χ2n) is 1.73. The molecule has 0 saturated carbocycles. The Labute approximate surface area is 65.3 Å². The summed E-state index contributed by atoms with van der Waals surface area (Å²) in [6.07, 6.45) is 3.73. The fourth-order valence-corrected chi connectivity index (χ4v) is 1.07. The van der Waals surface area contributed by atoms with Gasteiger partial charge in [0.2, 0.25) is 0 Å². The van der Waals surface area contributed by atoms with Gasteiger partial charge in [-0.25, -0.2) is 4.79 Å². The molecule has 58 valence electrons. The number of carbonyl (C=O) groups is 1. The highest BCUT2D eigenvalue weighted by Gasteiger charge is 1.84. The van der Waals surface area contributed by atoms with Crippen LogP contribution in [-0.4, -0.2) is 22.6 Å². The van der Waals surface area contributed by atoms with Crippen molar-refractivity contribution in [1.82, 2.24) is 0 Å². The maximum absolute atomic E-state index is 9.94. The second kappa shape index (κ2) is 6.68. The van der Waals surface area contributed by atoms with Gasteiger partial charge in [-0.2, -0.15) is 11.8 Å². The van der Waals surface area contributed by atoms with Crippen molar-refractivity contribution in [2.45, 2.75) is 13.3 Å². The smallest absolute Gasteiger partial charge is 0.327 e. The van der Waals surface area contributed by atoms with Crippen LogP contribution in [0.15, 0.2) is 12.2 Å². The SMILES string of the molecule is CCSCC/C=C/C(=O)O. The van der Waals surface area contributed by atoms with Crippen molar-refractivity contribution in [3.05, 3.63) is 12.2 Å². The summed E-state index contributed by atoms with van der Waals surface area (Å²) in [5.41, 5.74) is 0. The zero-order valence-electron chi connectivity index (χ0n) is 6.04. The Hall–Kier alpha value is -0.440. The molecule has 0 bridgehead atoms. The van der Waals surface area contributed by atoms with Gasteiger partial charge in [0.15, 0.2) is 0 Å². The zero-order chi connectivity index (χ0) is 7.82. The first-order valence-electron chi connectivity index (χ1n) is 3.24. The van der Waals surface area contributed by atoms with E-state index >= 15 is 0 Å². The van der Waals surface area contributed by atoms with Crippen molar-refractivity contribution >= 4 is 17.7 Å². The van der Waals surface area contributed by atoms with E-state index in [1.165, 1.54) is 6.08 Å². The molecule has 0 amide bonds. The van der Waals surface area contributed by atoms with Crippen molar-refractivity contribution in [1.29, 1.82) is 0 Å². The number of aliphatic carboxylic acids is 1. The van der Waals surface area contributed by atoms with Crippen molar-refractivity contribution in [2.24, 2.45) is 0 Å². The van der Waals surface area contributed by atoms with E-state index in [-0.39, 0.29) is 0 Å². The van der Waals surface area contributed by atoms with Crippen molar-refractivity contribution in [2.75, 3.05) is 11.5 Å². The number of thioether (sulfide) groups is 1. The second-order valence-corrected chi connectivity index (χ2v) is 3.12. The van der Waals surface area contributed by atoms with Crippen molar-refractivity contribution in [3.8, 4) is 0 Å². The zero-order valence-corrected chi connectivity index (χ0v) is 6.86. The van der Waals surface area contributed by atoms with Crippen LogP contribution in [0.2, 0.25) is 0 Å². The lowest BCUT2D eigenvalue weighted by Crippen LogP contribution is -1.86. The molecule has 0 heterocycles. The highest BCUT2D eigenvalue weighted by Crippen LogP contribution is 2.00. The van der Waals surface area contributed by atoms with Crippen LogP contribution in [0.3, 0.4) is 0 Å². The molecule has 0 aromatic rings. The van der Waals surface area contributed by atoms with Crippen LogP contribution >= 0.6 is 11.8 Å². The van der Waals surface area contributed by atoms with Crippen LogP contribution in [-0.2, 0) is 4.79 Å². The van der Waals surface area contributed by atoms with Crippen molar-refractivity contribution < 1.29 is 9.90 Å². The number of carboxylic acid groups (broad SMARTS) is 1. The summed E-state index contributed by atoms with van der Waals surface area (Å²) in [6, 6.07) is 0. The lowest BCUT2D eigenvalue weighted by atomic mass is 10.4. The molecule has 0 rings (SSSR count). The van der Waals surface area contributed by atoms with E-state index in [2.05, 4.69) is 6.92 Å². The van der Waals surface area contributed by atoms with Crippen LogP contribution in [0.5, 0.6) is 0 Å². The van der Waals surface area contributed by atoms with Gasteiger partial charge in [0.25, 0.3) is 0 Å². The quantitative estimate of drug-likeness (QED) is 0.492. The van der Waals surface area contributed by atoms with Gasteiger partial charge in [0.1, 0.15) is 0 Å². The molecule has 10 heavy (non-hydrogen) atoms. The van der Waals surface area contributed by atoms with Crippen LogP contribution in [0.25, 0.3) is 0 Å². The molecule has 2 nitrogen and oxygen atoms in total. The van der Waals surface area contributed by atoms with Gasteiger partial charge in [0.05, 0.1) is 0 Å². The van der Waals surface area contributed by atoms with E-state index in [9.17, 15) is 4.79 Å². The Morgan fingerprint density at radius 3 is 2.90 bits per heavy atom. The summed E-state index contributed by atoms with van der Waals surface area (Å²) in [6.45, 7) is 2.09. The summed E-state index contributed by atoms with van der Waals surface area (Å²) in [4.78, 5) is 9.94. The van der Waals surface area contributed by atoms with Gasteiger partial charge in [-0.05, 0) is 17.9 Å². The maximum atomic E-state index is 9.94. The highest BCUT2D eigenvalue weighted by molar-refractivity contribution is 7.99. The van der Waals surface area contributed by atoms with Gasteiger partial charge in [-0.1, -0.05) is 13.0 Å². The molecule has 0 aromatic heterocycles. The fraction of sp³-hybridized carbons (Fsp3) is 0.571. The number of carboxylic acids is 1. The number of hydrogen-bond acceptors (Lipinski definition) is 2. The summed E-state index contributed by atoms with van der Waals surface area (Å²) in [5.74, 6) is 1.25. The average molecular weight is 160 g/mol. The van der Waals surface area contributed by atoms with E-state index in [1.807, 2.05) is 11.8 Å². The van der Waals surface area contributed by atoms with Crippen LogP contribution in [0.1, 0.15) is 13.3 Å². The molecule has 3 heteroatoms. The van der Waals surface area contributed by atoms with E-state index in [0.29, 0.717) is 0 Å². The topological polar surface area (TPSA) is 37.3 Å². The molecule has 0 unspecified atom stereocenters. The van der Waals surface area contributed by atoms with E-state index in [1.54, 1.807) is 6.08 Å². The minimum atomic E-state index is -0.860. The Balaban J connectivity index is 3.10. The van der Waals surface area contributed by atoms with Crippen molar-refractivity contribution in [3.63, 3.8) is 0 Å². The summed E-state index contributed by atoms with van der Waals surface area (Å²) < 4.78 is 0. The first-order valence-corrected chi connectivity index (χ1v) is 4.40. The minimum Gasteiger partial charge on any atom is -0.478 e. The summed E-state index contributed by atoms with van der Waals surface area (Å²) >= 11 is 1.82. The molecule has 0 atom stereocenters. The first kappa shape index (κ1) is 9.56. The third-order valence-corrected chi connectivity index (χ3v) is 1.83. The van der Waals surface area contributed by atoms with Gasteiger partial charge in [-0.3, -0.25) is 0 Å². The highest BCUT2D eigenvalue weighted by atomic mass is 32.2. The Bertz CT molecular complexity index is 121. The lowest BCUT2D eigenvalue weighted by Gasteiger charge is -1.89. The van der Waals surface area contributed by atoms with Crippen LogP contribution < -0.4 is 0 Å². The molecular formula is C7H12O2S. The Morgan fingerprint density at radius 2 is 2.40 bits per heavy atom. The summed E-state index contributed by atoms with van der Waals surface area (Å²) in [7, 11) is 0. The standard InChI is InChI=1S/C7H12O2S/c1-2-10-6-4-3-5-7(8)9/h3,5H,2,4,6H2,1H3,(H,8,9)/b5-3+. The van der Waals surface area contributed by atoms with Crippen LogP contribution in [0.4, 0.5) is 0 Å². The van der Waals surface area contributed by atoms with Gasteiger partial charge < -0.3 is 5.11 Å². The van der Waals surface area contributed by atoms with Gasteiger partial charge >= 0.3 is 5.97 Å². The third-order valence-electron chi connectivity index (χ3n) is 0.893. The Morgan fingerprint density at radius 1 is 1.70 bits per heavy atom. The molecular weight excluding hydrogens is 148 g/mol. The predicted octanol–water partition coefficient (Wildman–Crippen LogP) is 1.77. The molecule has 0 aliphatic carbocycles. The number of rotatable bonds is 5. The van der Waals surface area contributed by atoms with Gasteiger partial charge in [0, 0.05) is 6.08 Å². The Kier molecular flexibility index (Phi) is 6.38. The lowest BCUT2D eigenvalue weighted by molar-refractivity contribution is -0.131. The molecule has 1 N–H and O–H groups in total. The predicted molar refractivity (Wildman–Crippen MR) is 44.4 cm³/mol. The monoisotopic (exact) mass is 160 g/mol. The molecule has 0 aliphatic rings. The largest absolute Gasteiger partial charge is 0.478 e. The van der Waals surface area contributed by atoms with E-state index < -0.39 is 5.97 Å². The molecule has 0 fully saturated rings. The third kappa shape index (κ3) is 7.56. The van der Waals surface area contributed by atoms with E-state index in [4.69, 9.17) is 5.11 Å². The van der Waals surface area contributed by atoms with E-state index in [0.717, 1.165) is 17.9 Å². The molecule has 0 saturated heterocycles. The number of allylic oxidation sites excluding steroid dienone is 1. The molecule has 0 aromatic carbocycles.